The number of alkyl halides is 3. The molecule has 0 aliphatic heterocycles. The van der Waals surface area contributed by atoms with Gasteiger partial charge in [-0.1, -0.05) is 34.8 Å². The van der Waals surface area contributed by atoms with Gasteiger partial charge in [0, 0.05) is 19.8 Å². The molecule has 0 saturated heterocycles. The summed E-state index contributed by atoms with van der Waals surface area (Å²) in [5.74, 6) is 0. The minimum atomic E-state index is -0.750. The van der Waals surface area contributed by atoms with Crippen LogP contribution in [0.3, 0.4) is 0 Å². The van der Waals surface area contributed by atoms with Gasteiger partial charge in [0.05, 0.1) is 0 Å². The first-order valence-corrected chi connectivity index (χ1v) is 4.85. The van der Waals surface area contributed by atoms with Gasteiger partial charge in [-0.25, -0.2) is 0 Å². The van der Waals surface area contributed by atoms with E-state index in [9.17, 15) is 0 Å². The van der Waals surface area contributed by atoms with Crippen LogP contribution in [-0.4, -0.2) is 39.4 Å². The average Bonchev–Trinajstić information content (AvgIpc) is 1.89. The molecule has 0 aromatic heterocycles. The predicted octanol–water partition coefficient (Wildman–Crippen LogP) is 1.98. The molecule has 0 unspecified atom stereocenters. The summed E-state index contributed by atoms with van der Waals surface area (Å²) in [5, 5.41) is 22.6. The molecule has 0 aromatic carbocycles. The summed E-state index contributed by atoms with van der Waals surface area (Å²) < 4.78 is -0.750. The molecule has 6 heteroatoms. The highest BCUT2D eigenvalue weighted by atomic mass is 35.6. The van der Waals surface area contributed by atoms with Crippen molar-refractivity contribution >= 4 is 34.8 Å². The molecule has 0 spiro atoms. The lowest BCUT2D eigenvalue weighted by atomic mass is 10.5. The van der Waals surface area contributed by atoms with Crippen molar-refractivity contribution in [3.05, 3.63) is 0 Å². The number of hydrogen-bond donors (Lipinski definition) is 3. The van der Waals surface area contributed by atoms with E-state index in [0.29, 0.717) is 0 Å². The second-order valence-corrected chi connectivity index (χ2v) is 3.64. The maximum Gasteiger partial charge on any atom is 0.180 e. The van der Waals surface area contributed by atoms with Gasteiger partial charge in [-0.15, -0.1) is 0 Å². The SMILES string of the molecule is CC(C)O.CCO.CO.ClC(Cl)Cl. The Morgan fingerprint density at radius 3 is 1.08 bits per heavy atom. The molecule has 0 radical (unpaired) electrons. The van der Waals surface area contributed by atoms with Crippen LogP contribution in [-0.2, 0) is 0 Å². The lowest BCUT2D eigenvalue weighted by Gasteiger charge is -1.80. The summed E-state index contributed by atoms with van der Waals surface area (Å²) in [6, 6.07) is 0. The van der Waals surface area contributed by atoms with Gasteiger partial charge in [-0.3, -0.25) is 0 Å². The van der Waals surface area contributed by atoms with Crippen molar-refractivity contribution in [2.24, 2.45) is 0 Å². The molecule has 0 fully saturated rings. The zero-order valence-electron chi connectivity index (χ0n) is 8.34. The molecule has 0 rings (SSSR count). The molecule has 0 amide bonds. The smallest absolute Gasteiger partial charge is 0.180 e. The van der Waals surface area contributed by atoms with Gasteiger partial charge in [-0.05, 0) is 20.8 Å². The molecule has 13 heavy (non-hydrogen) atoms. The van der Waals surface area contributed by atoms with Crippen molar-refractivity contribution in [2.75, 3.05) is 13.7 Å². The van der Waals surface area contributed by atoms with Crippen LogP contribution in [0.15, 0.2) is 0 Å². The zero-order valence-corrected chi connectivity index (χ0v) is 10.6. The van der Waals surface area contributed by atoms with Gasteiger partial charge in [-0.2, -0.15) is 0 Å². The summed E-state index contributed by atoms with van der Waals surface area (Å²) in [6.45, 7) is 5.38. The molecule has 3 nitrogen and oxygen atoms in total. The van der Waals surface area contributed by atoms with Crippen molar-refractivity contribution < 1.29 is 15.3 Å². The van der Waals surface area contributed by atoms with Gasteiger partial charge in [0.15, 0.2) is 4.30 Å². The van der Waals surface area contributed by atoms with E-state index in [1.807, 2.05) is 0 Å². The van der Waals surface area contributed by atoms with E-state index in [4.69, 9.17) is 50.1 Å². The largest absolute Gasteiger partial charge is 0.400 e. The number of aliphatic hydroxyl groups excluding tert-OH is 3. The minimum Gasteiger partial charge on any atom is -0.400 e. The van der Waals surface area contributed by atoms with Crippen LogP contribution in [0.2, 0.25) is 0 Å². The third-order valence-electron chi connectivity index (χ3n) is 0. The molecule has 0 heterocycles. The normalized spacial score (nSPS) is 7.38. The first-order valence-electron chi connectivity index (χ1n) is 3.54. The van der Waals surface area contributed by atoms with Gasteiger partial charge < -0.3 is 15.3 Å². The first kappa shape index (κ1) is 23.5. The van der Waals surface area contributed by atoms with Crippen molar-refractivity contribution in [3.8, 4) is 0 Å². The van der Waals surface area contributed by atoms with Crippen molar-refractivity contribution in [3.63, 3.8) is 0 Å². The highest BCUT2D eigenvalue weighted by Gasteiger charge is 1.78. The fourth-order valence-electron chi connectivity index (χ4n) is 0. The van der Waals surface area contributed by atoms with Crippen molar-refractivity contribution in [1.82, 2.24) is 0 Å². The van der Waals surface area contributed by atoms with E-state index in [1.54, 1.807) is 20.8 Å². The molecule has 0 aromatic rings. The summed E-state index contributed by atoms with van der Waals surface area (Å²) in [4.78, 5) is 0. The van der Waals surface area contributed by atoms with Crippen LogP contribution >= 0.6 is 34.8 Å². The molecular formula is C7H19Cl3O3. The lowest BCUT2D eigenvalue weighted by molar-refractivity contribution is 0.216. The monoisotopic (exact) mass is 256 g/mol. The van der Waals surface area contributed by atoms with Crippen LogP contribution < -0.4 is 0 Å². The number of rotatable bonds is 0. The Morgan fingerprint density at radius 1 is 1.08 bits per heavy atom. The summed E-state index contributed by atoms with van der Waals surface area (Å²) in [5.41, 5.74) is 0. The maximum absolute atomic E-state index is 8.06. The highest BCUT2D eigenvalue weighted by Crippen LogP contribution is 2.03. The van der Waals surface area contributed by atoms with Crippen molar-refractivity contribution in [1.29, 1.82) is 0 Å². The van der Waals surface area contributed by atoms with Gasteiger partial charge >= 0.3 is 0 Å². The van der Waals surface area contributed by atoms with Crippen LogP contribution in [0, 0.1) is 0 Å². The summed E-state index contributed by atoms with van der Waals surface area (Å²) in [6.07, 6.45) is -0.167. The topological polar surface area (TPSA) is 60.7 Å². The second-order valence-electron chi connectivity index (χ2n) is 1.66. The molecule has 0 saturated carbocycles. The van der Waals surface area contributed by atoms with Crippen molar-refractivity contribution in [2.45, 2.75) is 31.2 Å². The van der Waals surface area contributed by atoms with E-state index in [2.05, 4.69) is 0 Å². The van der Waals surface area contributed by atoms with Crippen LogP contribution in [0.5, 0.6) is 0 Å². The van der Waals surface area contributed by atoms with E-state index < -0.39 is 4.30 Å². The van der Waals surface area contributed by atoms with Crippen LogP contribution in [0.25, 0.3) is 0 Å². The number of aliphatic hydroxyl groups is 3. The summed E-state index contributed by atoms with van der Waals surface area (Å²) >= 11 is 14.4. The predicted molar refractivity (Wildman–Crippen MR) is 59.6 cm³/mol. The van der Waals surface area contributed by atoms with Gasteiger partial charge in [0.1, 0.15) is 0 Å². The Labute approximate surface area is 95.2 Å². The number of hydrogen-bond acceptors (Lipinski definition) is 3. The third kappa shape index (κ3) is 2620. The zero-order chi connectivity index (χ0) is 11.9. The quantitative estimate of drug-likeness (QED) is 0.582. The van der Waals surface area contributed by atoms with E-state index in [-0.39, 0.29) is 12.7 Å². The Kier molecular flexibility index (Phi) is 53.0. The highest BCUT2D eigenvalue weighted by molar-refractivity contribution is 6.63. The standard InChI is InChI=1S/C3H8O.C2H6O.CHCl3.CH4O/c1-3(2)4;1-2-3;2-1(3)4;1-2/h3-4H,1-2H3;3H,2H2,1H3;1H;2H,1H3. The number of halogens is 3. The summed E-state index contributed by atoms with van der Waals surface area (Å²) in [7, 11) is 1.00. The average molecular weight is 258 g/mol. The Morgan fingerprint density at radius 2 is 1.08 bits per heavy atom. The van der Waals surface area contributed by atoms with E-state index >= 15 is 0 Å². The van der Waals surface area contributed by atoms with Crippen LogP contribution in [0.1, 0.15) is 20.8 Å². The molecule has 0 aliphatic carbocycles. The lowest BCUT2D eigenvalue weighted by Crippen LogP contribution is -1.85. The molecule has 0 bridgehead atoms. The van der Waals surface area contributed by atoms with Gasteiger partial charge in [0.25, 0.3) is 0 Å². The Hall–Kier alpha value is 0.750. The van der Waals surface area contributed by atoms with Crippen LogP contribution in [0.4, 0.5) is 0 Å². The van der Waals surface area contributed by atoms with Gasteiger partial charge in [0.2, 0.25) is 0 Å². The molecule has 0 atom stereocenters. The second kappa shape index (κ2) is 29.3. The van der Waals surface area contributed by atoms with E-state index in [0.717, 1.165) is 7.11 Å². The first-order chi connectivity index (χ1) is 5.88. The third-order valence-corrected chi connectivity index (χ3v) is 0. The Balaban J connectivity index is -0.0000000431. The maximum atomic E-state index is 8.06. The Bertz CT molecular complexity index is 42.7. The van der Waals surface area contributed by atoms with E-state index in [1.165, 1.54) is 0 Å². The molecule has 86 valence electrons. The molecule has 0 aliphatic rings. The minimum absolute atomic E-state index is 0.167. The fourth-order valence-corrected chi connectivity index (χ4v) is 0. The molecular weight excluding hydrogens is 238 g/mol. The molecule has 3 N–H and O–H groups in total. The fraction of sp³-hybridized carbons (Fsp3) is 1.00.